The molecule has 0 radical (unpaired) electrons. The molecule has 2 N–H and O–H groups in total. The molecule has 4 aromatic rings. The minimum atomic E-state index is -0.303. The molecule has 14 heteroatoms. The van der Waals surface area contributed by atoms with Gasteiger partial charge in [-0.25, -0.2) is 0 Å². The second-order valence-corrected chi connectivity index (χ2v) is 11.9. The van der Waals surface area contributed by atoms with E-state index in [1.54, 1.807) is 30.0 Å². The monoisotopic (exact) mass is 599 g/mol. The molecule has 40 heavy (non-hydrogen) atoms. The van der Waals surface area contributed by atoms with Gasteiger partial charge in [0.1, 0.15) is 0 Å². The smallest absolute Gasteiger partial charge is 0.251 e. The number of benzene rings is 2. The van der Waals surface area contributed by atoms with Crippen molar-refractivity contribution in [1.29, 1.82) is 0 Å². The number of ether oxygens (including phenoxy) is 2. The van der Waals surface area contributed by atoms with E-state index < -0.39 is 0 Å². The highest BCUT2D eigenvalue weighted by atomic mass is 32.2. The number of carbonyl (C=O) groups excluding carboxylic acids is 2. The topological polar surface area (TPSA) is 133 Å². The van der Waals surface area contributed by atoms with Crippen molar-refractivity contribution >= 4 is 51.8 Å². The lowest BCUT2D eigenvalue weighted by molar-refractivity contribution is -0.113. The molecule has 0 saturated carbocycles. The van der Waals surface area contributed by atoms with Gasteiger partial charge in [0.2, 0.25) is 11.0 Å². The molecule has 0 aliphatic carbocycles. The van der Waals surface area contributed by atoms with Crippen LogP contribution in [0.3, 0.4) is 0 Å². The molecular formula is C26H29N7O4S3. The molecular weight excluding hydrogens is 571 g/mol. The first-order valence-electron chi connectivity index (χ1n) is 12.2. The number of methoxy groups -OCH3 is 2. The summed E-state index contributed by atoms with van der Waals surface area (Å²) < 4.78 is 13.2. The molecule has 2 amide bonds. The van der Waals surface area contributed by atoms with Gasteiger partial charge in [0.15, 0.2) is 26.8 Å². The predicted octanol–water partition coefficient (Wildman–Crippen LogP) is 4.53. The fraction of sp³-hybridized carbons (Fsp3) is 0.308. The van der Waals surface area contributed by atoms with Crippen LogP contribution in [-0.2, 0) is 11.3 Å². The van der Waals surface area contributed by atoms with Crippen molar-refractivity contribution in [3.8, 4) is 17.2 Å². The predicted molar refractivity (Wildman–Crippen MR) is 157 cm³/mol. The van der Waals surface area contributed by atoms with Crippen molar-refractivity contribution in [3.63, 3.8) is 0 Å². The number of anilines is 1. The van der Waals surface area contributed by atoms with Crippen molar-refractivity contribution in [3.05, 3.63) is 58.9 Å². The summed E-state index contributed by atoms with van der Waals surface area (Å²) in [5, 5.41) is 23.5. The van der Waals surface area contributed by atoms with Crippen LogP contribution in [0.4, 0.5) is 5.13 Å². The van der Waals surface area contributed by atoms with Gasteiger partial charge in [0, 0.05) is 5.56 Å². The Morgan fingerprint density at radius 1 is 0.975 bits per heavy atom. The number of hydrogen-bond acceptors (Lipinski definition) is 11. The number of nitrogens with zero attached hydrogens (tertiary/aromatic N) is 5. The number of thioether (sulfide) groups is 2. The molecule has 2 aromatic heterocycles. The molecule has 2 heterocycles. The Bertz CT molecular complexity index is 1510. The van der Waals surface area contributed by atoms with Gasteiger partial charge in [-0.1, -0.05) is 53.9 Å². The van der Waals surface area contributed by atoms with Crippen LogP contribution < -0.4 is 20.1 Å². The third-order valence-corrected chi connectivity index (χ3v) is 8.39. The first kappa shape index (κ1) is 29.4. The van der Waals surface area contributed by atoms with Gasteiger partial charge in [-0.2, -0.15) is 0 Å². The lowest BCUT2D eigenvalue weighted by atomic mass is 10.1. The second kappa shape index (κ2) is 13.6. The van der Waals surface area contributed by atoms with E-state index in [0.29, 0.717) is 33.2 Å². The first-order valence-corrected chi connectivity index (χ1v) is 15.0. The van der Waals surface area contributed by atoms with Gasteiger partial charge < -0.3 is 14.8 Å². The van der Waals surface area contributed by atoms with Gasteiger partial charge in [-0.05, 0) is 55.0 Å². The van der Waals surface area contributed by atoms with Crippen molar-refractivity contribution in [1.82, 2.24) is 30.3 Å². The largest absolute Gasteiger partial charge is 0.493 e. The normalized spacial score (nSPS) is 10.8. The van der Waals surface area contributed by atoms with E-state index in [0.717, 1.165) is 26.9 Å². The van der Waals surface area contributed by atoms with E-state index in [1.165, 1.54) is 37.3 Å². The highest BCUT2D eigenvalue weighted by Crippen LogP contribution is 2.29. The molecule has 0 aliphatic heterocycles. The number of nitrogens with one attached hydrogen (secondary N) is 2. The Balaban J connectivity index is 1.52. The third kappa shape index (κ3) is 7.11. The van der Waals surface area contributed by atoms with Crippen LogP contribution in [0, 0.1) is 13.8 Å². The zero-order valence-electron chi connectivity index (χ0n) is 22.7. The molecule has 0 atom stereocenters. The van der Waals surface area contributed by atoms with E-state index in [1.807, 2.05) is 43.5 Å². The van der Waals surface area contributed by atoms with Crippen LogP contribution in [0.1, 0.15) is 34.2 Å². The highest BCUT2D eigenvalue weighted by Gasteiger charge is 2.19. The summed E-state index contributed by atoms with van der Waals surface area (Å²) in [6.45, 7) is 6.13. The average Bonchev–Trinajstić information content (AvgIpc) is 3.57. The van der Waals surface area contributed by atoms with Crippen molar-refractivity contribution in [2.75, 3.05) is 31.0 Å². The van der Waals surface area contributed by atoms with E-state index in [4.69, 9.17) is 9.47 Å². The van der Waals surface area contributed by atoms with Gasteiger partial charge >= 0.3 is 0 Å². The van der Waals surface area contributed by atoms with Gasteiger partial charge in [-0.3, -0.25) is 19.5 Å². The fourth-order valence-electron chi connectivity index (χ4n) is 3.68. The maximum Gasteiger partial charge on any atom is 0.251 e. The fourth-order valence-corrected chi connectivity index (χ4v) is 6.11. The van der Waals surface area contributed by atoms with Crippen LogP contribution >= 0.6 is 34.9 Å². The van der Waals surface area contributed by atoms with Crippen LogP contribution in [0.25, 0.3) is 5.69 Å². The summed E-state index contributed by atoms with van der Waals surface area (Å²) in [5.41, 5.74) is 3.34. The Hall–Kier alpha value is -3.62. The summed E-state index contributed by atoms with van der Waals surface area (Å²) in [5.74, 6) is 1.96. The van der Waals surface area contributed by atoms with Gasteiger partial charge in [0.05, 0.1) is 32.2 Å². The zero-order valence-corrected chi connectivity index (χ0v) is 25.1. The molecule has 0 unspecified atom stereocenters. The third-order valence-electron chi connectivity index (χ3n) is 5.61. The van der Waals surface area contributed by atoms with Crippen LogP contribution in [0.5, 0.6) is 11.5 Å². The Morgan fingerprint density at radius 3 is 2.52 bits per heavy atom. The summed E-state index contributed by atoms with van der Waals surface area (Å²) in [6, 6.07) is 11.0. The molecule has 2 aromatic carbocycles. The molecule has 0 fully saturated rings. The van der Waals surface area contributed by atoms with E-state index in [2.05, 4.69) is 31.0 Å². The van der Waals surface area contributed by atoms with E-state index in [-0.39, 0.29) is 24.1 Å². The Kier molecular flexibility index (Phi) is 10.0. The van der Waals surface area contributed by atoms with Gasteiger partial charge in [-0.15, -0.1) is 20.4 Å². The summed E-state index contributed by atoms with van der Waals surface area (Å²) >= 11 is 4.16. The first-order chi connectivity index (χ1) is 19.3. The molecule has 0 aliphatic rings. The molecule has 0 spiro atoms. The number of rotatable bonds is 12. The van der Waals surface area contributed by atoms with Crippen molar-refractivity contribution in [2.45, 2.75) is 36.8 Å². The number of aromatic nitrogens is 5. The number of aryl methyl sites for hydroxylation is 2. The average molecular weight is 600 g/mol. The maximum absolute atomic E-state index is 13.0. The van der Waals surface area contributed by atoms with E-state index >= 15 is 0 Å². The molecule has 11 nitrogen and oxygen atoms in total. The Labute approximate surface area is 244 Å². The number of hydrogen-bond donors (Lipinski definition) is 2. The van der Waals surface area contributed by atoms with Crippen molar-refractivity contribution in [2.24, 2.45) is 0 Å². The lowest BCUT2D eigenvalue weighted by Gasteiger charge is -2.14. The minimum absolute atomic E-state index is 0.0941. The van der Waals surface area contributed by atoms with Crippen LogP contribution in [0.2, 0.25) is 0 Å². The van der Waals surface area contributed by atoms with E-state index in [9.17, 15) is 9.59 Å². The van der Waals surface area contributed by atoms with Crippen molar-refractivity contribution < 1.29 is 19.1 Å². The number of carbonyl (C=O) groups is 2. The molecule has 0 saturated heterocycles. The molecule has 210 valence electrons. The standard InChI is InChI=1S/C26H29N7O4S3/c1-6-38-26-32-30-24(40-26)28-22(34)14-39-25-31-29-21(33(25)18-11-15(2)7-8-16(18)3)13-27-23(35)17-9-10-19(36-4)20(12-17)37-5/h7-12H,6,13-14H2,1-5H3,(H,27,35)(H,28,30,34). The quantitative estimate of drug-likeness (QED) is 0.177. The lowest BCUT2D eigenvalue weighted by Crippen LogP contribution is -2.25. The number of amides is 2. The molecule has 4 rings (SSSR count). The summed E-state index contributed by atoms with van der Waals surface area (Å²) in [4.78, 5) is 25.6. The maximum atomic E-state index is 13.0. The Morgan fingerprint density at radius 2 is 1.77 bits per heavy atom. The SMILES string of the molecule is CCSc1nnc(NC(=O)CSc2nnc(CNC(=O)c3ccc(OC)c(OC)c3)n2-c2cc(C)ccc2C)s1. The zero-order chi connectivity index (χ0) is 28.6. The minimum Gasteiger partial charge on any atom is -0.493 e. The summed E-state index contributed by atoms with van der Waals surface area (Å²) in [6.07, 6.45) is 0. The van der Waals surface area contributed by atoms with Gasteiger partial charge in [0.25, 0.3) is 5.91 Å². The van der Waals surface area contributed by atoms with Crippen LogP contribution in [-0.4, -0.2) is 62.5 Å². The summed E-state index contributed by atoms with van der Waals surface area (Å²) in [7, 11) is 3.05. The second-order valence-electron chi connectivity index (χ2n) is 8.42. The highest BCUT2D eigenvalue weighted by molar-refractivity contribution is 8.01. The van der Waals surface area contributed by atoms with Crippen LogP contribution in [0.15, 0.2) is 45.9 Å². The molecule has 0 bridgehead atoms.